The van der Waals surface area contributed by atoms with Crippen molar-refractivity contribution < 1.29 is 0 Å². The van der Waals surface area contributed by atoms with E-state index in [4.69, 9.17) is 0 Å². The first-order valence-corrected chi connectivity index (χ1v) is 6.82. The zero-order valence-corrected chi connectivity index (χ0v) is 13.1. The van der Waals surface area contributed by atoms with Gasteiger partial charge in [-0.15, -0.1) is 25.3 Å². The minimum Gasteiger partial charge on any atom is -0.143 e. The molecule has 0 amide bonds. The van der Waals surface area contributed by atoms with Crippen LogP contribution in [0.15, 0.2) is 46.2 Å². The third kappa shape index (κ3) is 4.79. The van der Waals surface area contributed by atoms with Crippen molar-refractivity contribution in [1.82, 2.24) is 0 Å². The topological polar surface area (TPSA) is 0 Å². The van der Waals surface area contributed by atoms with Crippen molar-refractivity contribution in [3.05, 3.63) is 58.7 Å². The van der Waals surface area contributed by atoms with Crippen LogP contribution in [0.4, 0.5) is 0 Å². The van der Waals surface area contributed by atoms with Gasteiger partial charge in [0.15, 0.2) is 0 Å². The van der Waals surface area contributed by atoms with Gasteiger partial charge >= 0.3 is 0 Å². The van der Waals surface area contributed by atoms with Crippen LogP contribution in [0.2, 0.25) is 0 Å². The molecule has 0 aliphatic rings. The quantitative estimate of drug-likeness (QED) is 0.608. The lowest BCUT2D eigenvalue weighted by Crippen LogP contribution is -1.77. The Morgan fingerprint density at radius 2 is 0.889 bits per heavy atom. The molecular formula is C16H20S2. The van der Waals surface area contributed by atoms with Gasteiger partial charge in [0.1, 0.15) is 0 Å². The molecule has 0 heterocycles. The van der Waals surface area contributed by atoms with Crippen molar-refractivity contribution in [3.8, 4) is 0 Å². The van der Waals surface area contributed by atoms with E-state index in [0.717, 1.165) is 9.79 Å². The molecule has 2 rings (SSSR count). The fraction of sp³-hybridized carbons (Fsp3) is 0.250. The number of rotatable bonds is 0. The van der Waals surface area contributed by atoms with Crippen LogP contribution in [0.25, 0.3) is 0 Å². The predicted octanol–water partition coefficient (Wildman–Crippen LogP) is 5.18. The van der Waals surface area contributed by atoms with Gasteiger partial charge in [0, 0.05) is 9.79 Å². The van der Waals surface area contributed by atoms with Crippen LogP contribution in [0, 0.1) is 27.7 Å². The molecule has 0 radical (unpaired) electrons. The fourth-order valence-corrected chi connectivity index (χ4v) is 1.99. The lowest BCUT2D eigenvalue weighted by molar-refractivity contribution is 1.28. The number of benzene rings is 2. The van der Waals surface area contributed by atoms with Crippen molar-refractivity contribution in [2.75, 3.05) is 0 Å². The Hall–Kier alpha value is -0.860. The first kappa shape index (κ1) is 15.2. The maximum atomic E-state index is 4.20. The van der Waals surface area contributed by atoms with Crippen LogP contribution >= 0.6 is 25.3 Å². The normalized spacial score (nSPS) is 9.67. The molecule has 0 fully saturated rings. The molecule has 0 aromatic heterocycles. The summed E-state index contributed by atoms with van der Waals surface area (Å²) >= 11 is 8.40. The second-order valence-electron chi connectivity index (χ2n) is 4.54. The van der Waals surface area contributed by atoms with E-state index < -0.39 is 0 Å². The van der Waals surface area contributed by atoms with E-state index in [-0.39, 0.29) is 0 Å². The molecule has 96 valence electrons. The molecular weight excluding hydrogens is 256 g/mol. The summed E-state index contributed by atoms with van der Waals surface area (Å²) in [5, 5.41) is 0. The summed E-state index contributed by atoms with van der Waals surface area (Å²) in [5.74, 6) is 0. The zero-order valence-electron chi connectivity index (χ0n) is 11.4. The van der Waals surface area contributed by atoms with E-state index in [9.17, 15) is 0 Å². The van der Waals surface area contributed by atoms with Crippen molar-refractivity contribution in [2.45, 2.75) is 37.5 Å². The lowest BCUT2D eigenvalue weighted by Gasteiger charge is -1.97. The Bertz CT molecular complexity index is 481. The van der Waals surface area contributed by atoms with Crippen LogP contribution < -0.4 is 0 Å². The number of hydrogen-bond donors (Lipinski definition) is 2. The third-order valence-electron chi connectivity index (χ3n) is 2.98. The molecule has 0 N–H and O–H groups in total. The zero-order chi connectivity index (χ0) is 13.7. The molecule has 0 nitrogen and oxygen atoms in total. The monoisotopic (exact) mass is 276 g/mol. The van der Waals surface area contributed by atoms with Crippen LogP contribution in [0.1, 0.15) is 22.3 Å². The van der Waals surface area contributed by atoms with Gasteiger partial charge in [0.2, 0.25) is 0 Å². The molecule has 0 bridgehead atoms. The molecule has 0 aliphatic carbocycles. The Kier molecular flexibility index (Phi) is 5.83. The summed E-state index contributed by atoms with van der Waals surface area (Å²) in [7, 11) is 0. The molecule has 0 unspecified atom stereocenters. The second-order valence-corrected chi connectivity index (χ2v) is 5.57. The van der Waals surface area contributed by atoms with E-state index in [0.29, 0.717) is 0 Å². The van der Waals surface area contributed by atoms with Crippen molar-refractivity contribution >= 4 is 25.3 Å². The van der Waals surface area contributed by atoms with Gasteiger partial charge in [-0.1, -0.05) is 12.1 Å². The maximum absolute atomic E-state index is 4.20. The molecule has 18 heavy (non-hydrogen) atoms. The summed E-state index contributed by atoms with van der Waals surface area (Å²) in [6.07, 6.45) is 0. The molecule has 0 saturated carbocycles. The van der Waals surface area contributed by atoms with Gasteiger partial charge in [0.05, 0.1) is 0 Å². The van der Waals surface area contributed by atoms with Crippen LogP contribution in [0.3, 0.4) is 0 Å². The number of aryl methyl sites for hydroxylation is 4. The SMILES string of the molecule is Cc1ccc(S)cc1C.Cc1ccc(S)cc1C. The molecule has 0 spiro atoms. The predicted molar refractivity (Wildman–Crippen MR) is 86.3 cm³/mol. The highest BCUT2D eigenvalue weighted by atomic mass is 32.1. The van der Waals surface area contributed by atoms with Gasteiger partial charge in [0.25, 0.3) is 0 Å². The highest BCUT2D eigenvalue weighted by molar-refractivity contribution is 7.80. The molecule has 0 saturated heterocycles. The Labute approximate surface area is 121 Å². The smallest absolute Gasteiger partial charge is 0.00428 e. The average Bonchev–Trinajstić information content (AvgIpc) is 2.30. The van der Waals surface area contributed by atoms with Crippen LogP contribution in [0.5, 0.6) is 0 Å². The van der Waals surface area contributed by atoms with Gasteiger partial charge < -0.3 is 0 Å². The Morgan fingerprint density at radius 3 is 1.11 bits per heavy atom. The largest absolute Gasteiger partial charge is 0.143 e. The number of hydrogen-bond acceptors (Lipinski definition) is 2. The average molecular weight is 276 g/mol. The molecule has 0 atom stereocenters. The summed E-state index contributed by atoms with van der Waals surface area (Å²) in [6.45, 7) is 8.38. The minimum absolute atomic E-state index is 1.04. The minimum atomic E-state index is 1.04. The van der Waals surface area contributed by atoms with E-state index in [2.05, 4.69) is 77.2 Å². The van der Waals surface area contributed by atoms with Crippen molar-refractivity contribution in [2.24, 2.45) is 0 Å². The summed E-state index contributed by atoms with van der Waals surface area (Å²) in [5.41, 5.74) is 5.27. The highest BCUT2D eigenvalue weighted by Crippen LogP contribution is 2.12. The fourth-order valence-electron chi connectivity index (χ4n) is 1.45. The van der Waals surface area contributed by atoms with Crippen molar-refractivity contribution in [3.63, 3.8) is 0 Å². The standard InChI is InChI=1S/2C8H10S/c2*1-6-3-4-8(9)5-7(6)2/h2*3-5,9H,1-2H3. The van der Waals surface area contributed by atoms with E-state index in [1.807, 2.05) is 12.1 Å². The van der Waals surface area contributed by atoms with Gasteiger partial charge in [-0.2, -0.15) is 0 Å². The molecule has 2 aromatic rings. The Balaban J connectivity index is 0.000000180. The van der Waals surface area contributed by atoms with Gasteiger partial charge in [-0.3, -0.25) is 0 Å². The second kappa shape index (κ2) is 6.91. The first-order valence-electron chi connectivity index (χ1n) is 5.92. The molecule has 2 heteroatoms. The highest BCUT2D eigenvalue weighted by Gasteiger charge is 1.90. The van der Waals surface area contributed by atoms with Gasteiger partial charge in [-0.05, 0) is 74.2 Å². The van der Waals surface area contributed by atoms with Gasteiger partial charge in [-0.25, -0.2) is 0 Å². The van der Waals surface area contributed by atoms with E-state index in [1.54, 1.807) is 0 Å². The van der Waals surface area contributed by atoms with E-state index in [1.165, 1.54) is 22.3 Å². The summed E-state index contributed by atoms with van der Waals surface area (Å²) < 4.78 is 0. The molecule has 2 aromatic carbocycles. The number of thiol groups is 2. The van der Waals surface area contributed by atoms with Crippen LogP contribution in [-0.4, -0.2) is 0 Å². The van der Waals surface area contributed by atoms with E-state index >= 15 is 0 Å². The lowest BCUT2D eigenvalue weighted by atomic mass is 10.1. The van der Waals surface area contributed by atoms with Crippen molar-refractivity contribution in [1.29, 1.82) is 0 Å². The summed E-state index contributed by atoms with van der Waals surface area (Å²) in [4.78, 5) is 2.08. The van der Waals surface area contributed by atoms with Crippen LogP contribution in [-0.2, 0) is 0 Å². The Morgan fingerprint density at radius 1 is 0.556 bits per heavy atom. The summed E-state index contributed by atoms with van der Waals surface area (Å²) in [6, 6.07) is 12.3. The third-order valence-corrected chi connectivity index (χ3v) is 3.54. The maximum Gasteiger partial charge on any atom is 0.00428 e. The first-order chi connectivity index (χ1) is 8.40. The molecule has 0 aliphatic heterocycles.